The van der Waals surface area contributed by atoms with E-state index in [-0.39, 0.29) is 5.38 Å². The Balaban J connectivity index is 1.82. The second-order valence-corrected chi connectivity index (χ2v) is 6.69. The molecule has 0 aliphatic heterocycles. The van der Waals surface area contributed by atoms with Crippen molar-refractivity contribution < 1.29 is 9.47 Å². The maximum atomic E-state index is 6.53. The molecule has 2 rings (SSSR count). The molecule has 0 amide bonds. The fourth-order valence-electron chi connectivity index (χ4n) is 3.26. The van der Waals surface area contributed by atoms with Crippen LogP contribution in [0.15, 0.2) is 18.2 Å². The summed E-state index contributed by atoms with van der Waals surface area (Å²) in [5.41, 5.74) is 1.22. The van der Waals surface area contributed by atoms with E-state index in [0.29, 0.717) is 0 Å². The summed E-state index contributed by atoms with van der Waals surface area (Å²) in [5.74, 6) is 2.46. The summed E-state index contributed by atoms with van der Waals surface area (Å²) < 4.78 is 10.6. The second kappa shape index (κ2) is 8.53. The number of hydrogen-bond donors (Lipinski definition) is 0. The highest BCUT2D eigenvalue weighted by Crippen LogP contribution is 2.31. The first-order chi connectivity index (χ1) is 10.2. The van der Waals surface area contributed by atoms with Crippen LogP contribution >= 0.6 is 11.6 Å². The van der Waals surface area contributed by atoms with Gasteiger partial charge in [0.25, 0.3) is 0 Å². The first-order valence-electron chi connectivity index (χ1n) is 8.08. The molecule has 1 aliphatic carbocycles. The van der Waals surface area contributed by atoms with Gasteiger partial charge in [0.15, 0.2) is 11.5 Å². The van der Waals surface area contributed by atoms with Crippen LogP contribution in [0.5, 0.6) is 11.5 Å². The lowest BCUT2D eigenvalue weighted by molar-refractivity contribution is 0.330. The molecule has 0 bridgehead atoms. The average molecular weight is 311 g/mol. The minimum absolute atomic E-state index is 0.213. The monoisotopic (exact) mass is 310 g/mol. The summed E-state index contributed by atoms with van der Waals surface area (Å²) in [7, 11) is 3.33. The molecule has 0 spiro atoms. The maximum absolute atomic E-state index is 6.53. The van der Waals surface area contributed by atoms with Crippen molar-refractivity contribution in [3.05, 3.63) is 23.8 Å². The van der Waals surface area contributed by atoms with Crippen molar-refractivity contribution >= 4 is 11.6 Å². The van der Waals surface area contributed by atoms with E-state index in [9.17, 15) is 0 Å². The highest BCUT2D eigenvalue weighted by atomic mass is 35.5. The molecule has 0 heterocycles. The van der Waals surface area contributed by atoms with Gasteiger partial charge < -0.3 is 9.47 Å². The number of ether oxygens (including phenoxy) is 2. The van der Waals surface area contributed by atoms with Crippen LogP contribution in [0.3, 0.4) is 0 Å². The van der Waals surface area contributed by atoms with Gasteiger partial charge in [0.1, 0.15) is 0 Å². The van der Waals surface area contributed by atoms with E-state index in [2.05, 4.69) is 6.07 Å². The zero-order valence-electron chi connectivity index (χ0n) is 13.2. The Morgan fingerprint density at radius 2 is 1.81 bits per heavy atom. The molecule has 1 atom stereocenters. The molecule has 1 aliphatic rings. The molecule has 21 heavy (non-hydrogen) atoms. The lowest BCUT2D eigenvalue weighted by Crippen LogP contribution is -2.10. The summed E-state index contributed by atoms with van der Waals surface area (Å²) in [4.78, 5) is 0. The summed E-state index contributed by atoms with van der Waals surface area (Å²) >= 11 is 6.53. The molecule has 3 heteroatoms. The Hall–Kier alpha value is -0.890. The Labute approximate surface area is 133 Å². The van der Waals surface area contributed by atoms with Gasteiger partial charge >= 0.3 is 0 Å². The standard InChI is InChI=1S/C18H27ClO2/c1-20-17-11-9-15(13-18(17)21-2)12-16(19)10-8-14-6-4-3-5-7-14/h9,11,13-14,16H,3-8,10,12H2,1-2H3. The van der Waals surface area contributed by atoms with E-state index in [0.717, 1.165) is 30.3 Å². The molecule has 1 saturated carbocycles. The van der Waals surface area contributed by atoms with Gasteiger partial charge in [0.05, 0.1) is 14.2 Å². The van der Waals surface area contributed by atoms with E-state index in [1.807, 2.05) is 12.1 Å². The minimum atomic E-state index is 0.213. The van der Waals surface area contributed by atoms with Crippen LogP contribution in [-0.2, 0) is 6.42 Å². The number of halogens is 1. The number of rotatable bonds is 7. The molecule has 0 saturated heterocycles. The second-order valence-electron chi connectivity index (χ2n) is 6.07. The van der Waals surface area contributed by atoms with Crippen LogP contribution in [0.25, 0.3) is 0 Å². The highest BCUT2D eigenvalue weighted by molar-refractivity contribution is 6.20. The van der Waals surface area contributed by atoms with Gasteiger partial charge in [-0.05, 0) is 42.9 Å². The van der Waals surface area contributed by atoms with Crippen LogP contribution in [0, 0.1) is 5.92 Å². The predicted octanol–water partition coefficient (Wildman–Crippen LogP) is 5.21. The maximum Gasteiger partial charge on any atom is 0.160 e. The number of benzene rings is 1. The molecule has 118 valence electrons. The number of alkyl halides is 1. The first-order valence-corrected chi connectivity index (χ1v) is 8.51. The highest BCUT2D eigenvalue weighted by Gasteiger charge is 2.16. The van der Waals surface area contributed by atoms with Crippen molar-refractivity contribution in [3.63, 3.8) is 0 Å². The van der Waals surface area contributed by atoms with Gasteiger partial charge in [-0.2, -0.15) is 0 Å². The molecule has 0 aromatic heterocycles. The zero-order valence-corrected chi connectivity index (χ0v) is 14.0. The van der Waals surface area contributed by atoms with Gasteiger partial charge in [-0.3, -0.25) is 0 Å². The van der Waals surface area contributed by atoms with Gasteiger partial charge in [-0.1, -0.05) is 38.2 Å². The van der Waals surface area contributed by atoms with Gasteiger partial charge in [0.2, 0.25) is 0 Å². The van der Waals surface area contributed by atoms with Crippen molar-refractivity contribution in [1.82, 2.24) is 0 Å². The van der Waals surface area contributed by atoms with Crippen LogP contribution in [0.1, 0.15) is 50.5 Å². The van der Waals surface area contributed by atoms with Crippen LogP contribution in [-0.4, -0.2) is 19.6 Å². The van der Waals surface area contributed by atoms with Crippen molar-refractivity contribution in [2.45, 2.75) is 56.7 Å². The van der Waals surface area contributed by atoms with E-state index in [4.69, 9.17) is 21.1 Å². The van der Waals surface area contributed by atoms with Gasteiger partial charge in [-0.25, -0.2) is 0 Å². The third-order valence-electron chi connectivity index (χ3n) is 4.52. The lowest BCUT2D eigenvalue weighted by atomic mass is 9.85. The Kier molecular flexibility index (Phi) is 6.69. The molecular formula is C18H27ClO2. The minimum Gasteiger partial charge on any atom is -0.493 e. The Morgan fingerprint density at radius 1 is 1.10 bits per heavy atom. The van der Waals surface area contributed by atoms with Crippen LogP contribution < -0.4 is 9.47 Å². The lowest BCUT2D eigenvalue weighted by Gasteiger charge is -2.22. The average Bonchev–Trinajstić information content (AvgIpc) is 2.53. The molecule has 1 unspecified atom stereocenters. The number of methoxy groups -OCH3 is 2. The molecule has 1 aromatic rings. The quantitative estimate of drug-likeness (QED) is 0.643. The first kappa shape index (κ1) is 16.5. The largest absolute Gasteiger partial charge is 0.493 e. The number of hydrogen-bond acceptors (Lipinski definition) is 2. The van der Waals surface area contributed by atoms with Crippen molar-refractivity contribution in [1.29, 1.82) is 0 Å². The van der Waals surface area contributed by atoms with Crippen LogP contribution in [0.2, 0.25) is 0 Å². The summed E-state index contributed by atoms with van der Waals surface area (Å²) in [6, 6.07) is 6.07. The Morgan fingerprint density at radius 3 is 2.48 bits per heavy atom. The third kappa shape index (κ3) is 5.10. The summed E-state index contributed by atoms with van der Waals surface area (Å²) in [6.45, 7) is 0. The topological polar surface area (TPSA) is 18.5 Å². The van der Waals surface area contributed by atoms with E-state index in [1.54, 1.807) is 14.2 Å². The van der Waals surface area contributed by atoms with Crippen molar-refractivity contribution in [2.75, 3.05) is 14.2 Å². The summed E-state index contributed by atoms with van der Waals surface area (Å²) in [5, 5.41) is 0.213. The fraction of sp³-hybridized carbons (Fsp3) is 0.667. The van der Waals surface area contributed by atoms with E-state index in [1.165, 1.54) is 44.1 Å². The third-order valence-corrected chi connectivity index (χ3v) is 4.89. The zero-order chi connectivity index (χ0) is 15.1. The van der Waals surface area contributed by atoms with Crippen molar-refractivity contribution in [2.24, 2.45) is 5.92 Å². The summed E-state index contributed by atoms with van der Waals surface area (Å²) in [6.07, 6.45) is 10.3. The molecule has 1 fully saturated rings. The predicted molar refractivity (Wildman–Crippen MR) is 88.7 cm³/mol. The van der Waals surface area contributed by atoms with Gasteiger partial charge in [-0.15, -0.1) is 11.6 Å². The van der Waals surface area contributed by atoms with E-state index >= 15 is 0 Å². The molecule has 0 N–H and O–H groups in total. The smallest absolute Gasteiger partial charge is 0.160 e. The van der Waals surface area contributed by atoms with Crippen molar-refractivity contribution in [3.8, 4) is 11.5 Å². The molecular weight excluding hydrogens is 284 g/mol. The SMILES string of the molecule is COc1ccc(CC(Cl)CCC2CCCCC2)cc1OC. The normalized spacial score (nSPS) is 17.5. The molecule has 1 aromatic carbocycles. The van der Waals surface area contributed by atoms with E-state index < -0.39 is 0 Å². The fourth-order valence-corrected chi connectivity index (χ4v) is 3.56. The van der Waals surface area contributed by atoms with Crippen LogP contribution in [0.4, 0.5) is 0 Å². The molecule has 2 nitrogen and oxygen atoms in total. The molecule has 0 radical (unpaired) electrons. The Bertz CT molecular complexity index is 427. The van der Waals surface area contributed by atoms with Gasteiger partial charge in [0, 0.05) is 5.38 Å².